The summed E-state index contributed by atoms with van der Waals surface area (Å²) in [5.41, 5.74) is 0.582. The molecule has 1 fully saturated rings. The summed E-state index contributed by atoms with van der Waals surface area (Å²) >= 11 is 6.02. The summed E-state index contributed by atoms with van der Waals surface area (Å²) in [4.78, 5) is 25.8. The lowest BCUT2D eigenvalue weighted by Gasteiger charge is -2.27. The van der Waals surface area contributed by atoms with Crippen LogP contribution < -0.4 is 10.6 Å². The van der Waals surface area contributed by atoms with E-state index in [2.05, 4.69) is 17.6 Å². The number of likely N-dealkylation sites (N-methyl/N-ethyl adjacent to an activating group) is 1. The van der Waals surface area contributed by atoms with Crippen LogP contribution in [0.3, 0.4) is 0 Å². The van der Waals surface area contributed by atoms with Crippen molar-refractivity contribution < 1.29 is 9.59 Å². The molecule has 6 heteroatoms. The van der Waals surface area contributed by atoms with Crippen LogP contribution in [0.1, 0.15) is 32.6 Å². The second kappa shape index (κ2) is 9.04. The van der Waals surface area contributed by atoms with Gasteiger partial charge in [-0.2, -0.15) is 0 Å². The Hall–Kier alpha value is -1.59. The lowest BCUT2D eigenvalue weighted by molar-refractivity contribution is -0.123. The van der Waals surface area contributed by atoms with Crippen LogP contribution in [0.25, 0.3) is 0 Å². The van der Waals surface area contributed by atoms with Gasteiger partial charge in [0.25, 0.3) is 0 Å². The maximum absolute atomic E-state index is 12.1. The highest BCUT2D eigenvalue weighted by atomic mass is 35.5. The first-order valence-electron chi connectivity index (χ1n) is 8.46. The predicted octanol–water partition coefficient (Wildman–Crippen LogP) is 2.91. The number of anilines is 1. The van der Waals surface area contributed by atoms with E-state index in [0.717, 1.165) is 18.8 Å². The SMILES string of the molecule is CC1CCC(NC(=O)CN(C)CC(=O)Nc2ccccc2Cl)CC1. The number of rotatable bonds is 6. The Morgan fingerprint density at radius 3 is 2.42 bits per heavy atom. The molecule has 0 saturated heterocycles. The van der Waals surface area contributed by atoms with E-state index in [1.165, 1.54) is 12.8 Å². The molecule has 2 amide bonds. The molecule has 2 N–H and O–H groups in total. The van der Waals surface area contributed by atoms with Gasteiger partial charge in [0.05, 0.1) is 23.8 Å². The summed E-state index contributed by atoms with van der Waals surface area (Å²) in [5, 5.41) is 6.32. The molecule has 24 heavy (non-hydrogen) atoms. The molecule has 132 valence electrons. The van der Waals surface area contributed by atoms with Crippen LogP contribution in [0.15, 0.2) is 24.3 Å². The van der Waals surface area contributed by atoms with Gasteiger partial charge in [-0.25, -0.2) is 0 Å². The van der Waals surface area contributed by atoms with E-state index < -0.39 is 0 Å². The van der Waals surface area contributed by atoms with Crippen molar-refractivity contribution in [3.05, 3.63) is 29.3 Å². The monoisotopic (exact) mass is 351 g/mol. The number of hydrogen-bond acceptors (Lipinski definition) is 3. The van der Waals surface area contributed by atoms with Gasteiger partial charge < -0.3 is 10.6 Å². The lowest BCUT2D eigenvalue weighted by atomic mass is 9.87. The third-order valence-electron chi connectivity index (χ3n) is 4.36. The third kappa shape index (κ3) is 6.13. The summed E-state index contributed by atoms with van der Waals surface area (Å²) in [6, 6.07) is 7.36. The van der Waals surface area contributed by atoms with Crippen molar-refractivity contribution >= 4 is 29.1 Å². The van der Waals surface area contributed by atoms with Crippen LogP contribution in [-0.4, -0.2) is 42.9 Å². The van der Waals surface area contributed by atoms with Crippen LogP contribution in [-0.2, 0) is 9.59 Å². The van der Waals surface area contributed by atoms with Crippen molar-refractivity contribution in [1.29, 1.82) is 0 Å². The van der Waals surface area contributed by atoms with Gasteiger partial charge in [-0.3, -0.25) is 14.5 Å². The number of hydrogen-bond donors (Lipinski definition) is 2. The fraction of sp³-hybridized carbons (Fsp3) is 0.556. The minimum Gasteiger partial charge on any atom is -0.352 e. The molecule has 1 aromatic carbocycles. The zero-order valence-corrected chi connectivity index (χ0v) is 15.1. The first-order valence-corrected chi connectivity index (χ1v) is 8.84. The number of carbonyl (C=O) groups is 2. The first kappa shape index (κ1) is 18.7. The van der Waals surface area contributed by atoms with Gasteiger partial charge in [-0.15, -0.1) is 0 Å². The third-order valence-corrected chi connectivity index (χ3v) is 4.69. The number of benzene rings is 1. The van der Waals surface area contributed by atoms with Gasteiger partial charge >= 0.3 is 0 Å². The van der Waals surface area contributed by atoms with Gasteiger partial charge in [-0.1, -0.05) is 30.7 Å². The fourth-order valence-corrected chi connectivity index (χ4v) is 3.16. The van der Waals surface area contributed by atoms with Crippen LogP contribution in [0.2, 0.25) is 5.02 Å². The smallest absolute Gasteiger partial charge is 0.238 e. The number of nitrogens with one attached hydrogen (secondary N) is 2. The minimum atomic E-state index is -0.190. The summed E-state index contributed by atoms with van der Waals surface area (Å²) in [6.45, 7) is 2.60. The molecule has 2 rings (SSSR count). The Labute approximate surface area is 148 Å². The predicted molar refractivity (Wildman–Crippen MR) is 97.1 cm³/mol. The molecule has 0 radical (unpaired) electrons. The van der Waals surface area contributed by atoms with Crippen molar-refractivity contribution in [3.63, 3.8) is 0 Å². The second-order valence-electron chi connectivity index (χ2n) is 6.72. The maximum Gasteiger partial charge on any atom is 0.238 e. The Morgan fingerprint density at radius 1 is 1.12 bits per heavy atom. The molecule has 1 aliphatic carbocycles. The molecular formula is C18H26ClN3O2. The van der Waals surface area contributed by atoms with Gasteiger partial charge in [0.2, 0.25) is 11.8 Å². The van der Waals surface area contributed by atoms with Crippen molar-refractivity contribution in [3.8, 4) is 0 Å². The van der Waals surface area contributed by atoms with Crippen LogP contribution in [0.5, 0.6) is 0 Å². The molecule has 5 nitrogen and oxygen atoms in total. The van der Waals surface area contributed by atoms with Gasteiger partial charge in [0, 0.05) is 6.04 Å². The van der Waals surface area contributed by atoms with Crippen LogP contribution >= 0.6 is 11.6 Å². The van der Waals surface area contributed by atoms with Crippen molar-refractivity contribution in [2.24, 2.45) is 5.92 Å². The van der Waals surface area contributed by atoms with Gasteiger partial charge in [0.15, 0.2) is 0 Å². The highest BCUT2D eigenvalue weighted by Gasteiger charge is 2.20. The largest absolute Gasteiger partial charge is 0.352 e. The Balaban J connectivity index is 1.72. The Kier molecular flexibility index (Phi) is 7.06. The summed E-state index contributed by atoms with van der Waals surface area (Å²) in [6.07, 6.45) is 4.43. The van der Waals surface area contributed by atoms with Crippen LogP contribution in [0.4, 0.5) is 5.69 Å². The lowest BCUT2D eigenvalue weighted by Crippen LogP contribution is -2.44. The van der Waals surface area contributed by atoms with Crippen molar-refractivity contribution in [2.75, 3.05) is 25.5 Å². The molecule has 1 saturated carbocycles. The molecule has 0 spiro atoms. The highest BCUT2D eigenvalue weighted by molar-refractivity contribution is 6.33. The molecule has 0 heterocycles. The molecule has 0 atom stereocenters. The molecule has 0 bridgehead atoms. The van der Waals surface area contributed by atoms with E-state index in [4.69, 9.17) is 11.6 Å². The number of para-hydroxylation sites is 1. The molecule has 0 aromatic heterocycles. The normalized spacial score (nSPS) is 20.7. The fourth-order valence-electron chi connectivity index (χ4n) is 2.98. The van der Waals surface area contributed by atoms with E-state index in [-0.39, 0.29) is 30.9 Å². The maximum atomic E-state index is 12.1. The van der Waals surface area contributed by atoms with E-state index >= 15 is 0 Å². The van der Waals surface area contributed by atoms with E-state index in [1.54, 1.807) is 30.1 Å². The number of amides is 2. The van der Waals surface area contributed by atoms with Gasteiger partial charge in [-0.05, 0) is 50.8 Å². The van der Waals surface area contributed by atoms with Crippen molar-refractivity contribution in [1.82, 2.24) is 10.2 Å². The quantitative estimate of drug-likeness (QED) is 0.828. The Morgan fingerprint density at radius 2 is 1.75 bits per heavy atom. The molecule has 0 unspecified atom stereocenters. The van der Waals surface area contributed by atoms with E-state index in [0.29, 0.717) is 10.7 Å². The highest BCUT2D eigenvalue weighted by Crippen LogP contribution is 2.23. The second-order valence-corrected chi connectivity index (χ2v) is 7.13. The summed E-state index contributed by atoms with van der Waals surface area (Å²) in [5.74, 6) is 0.543. The number of carbonyl (C=O) groups excluding carboxylic acids is 2. The molecule has 0 aliphatic heterocycles. The topological polar surface area (TPSA) is 61.4 Å². The average molecular weight is 352 g/mol. The van der Waals surface area contributed by atoms with Crippen LogP contribution in [0, 0.1) is 5.92 Å². The summed E-state index contributed by atoms with van der Waals surface area (Å²) < 4.78 is 0. The average Bonchev–Trinajstić information content (AvgIpc) is 2.51. The van der Waals surface area contributed by atoms with E-state index in [1.807, 2.05) is 6.07 Å². The van der Waals surface area contributed by atoms with E-state index in [9.17, 15) is 9.59 Å². The zero-order chi connectivity index (χ0) is 17.5. The zero-order valence-electron chi connectivity index (χ0n) is 14.3. The molecular weight excluding hydrogens is 326 g/mol. The van der Waals surface area contributed by atoms with Gasteiger partial charge in [0.1, 0.15) is 0 Å². The Bertz CT molecular complexity index is 571. The molecule has 1 aromatic rings. The number of halogens is 1. The number of nitrogens with zero attached hydrogens (tertiary/aromatic N) is 1. The van der Waals surface area contributed by atoms with Crippen molar-refractivity contribution in [2.45, 2.75) is 38.6 Å². The summed E-state index contributed by atoms with van der Waals surface area (Å²) in [7, 11) is 1.76. The minimum absolute atomic E-state index is 0.0254. The standard InChI is InChI=1S/C18H26ClN3O2/c1-13-7-9-14(10-8-13)20-17(23)11-22(2)12-18(24)21-16-6-4-3-5-15(16)19/h3-6,13-14H,7-12H2,1-2H3,(H,20,23)(H,21,24). The first-order chi connectivity index (χ1) is 11.4. The molecule has 1 aliphatic rings.